The minimum absolute atomic E-state index is 0.0219. The quantitative estimate of drug-likeness (QED) is 0.448. The Hall–Kier alpha value is -3.11. The molecule has 1 aliphatic rings. The Morgan fingerprint density at radius 2 is 2.21 bits per heavy atom. The number of H-pyrrole nitrogens is 1. The van der Waals surface area contributed by atoms with Gasteiger partial charge in [-0.15, -0.1) is 0 Å². The number of aliphatic carboxylic acids is 1. The van der Waals surface area contributed by atoms with Crippen molar-refractivity contribution in [2.75, 3.05) is 11.9 Å². The van der Waals surface area contributed by atoms with Crippen LogP contribution >= 0.6 is 11.6 Å². The molecule has 180 valence electrons. The topological polar surface area (TPSA) is 107 Å². The Morgan fingerprint density at radius 1 is 1.41 bits per heavy atom. The molecule has 4 rings (SSSR count). The number of carbonyl (C=O) groups is 1. The third kappa shape index (κ3) is 5.02. The Balaban J connectivity index is 1.52. The lowest BCUT2D eigenvalue weighted by Gasteiger charge is -2.43. The van der Waals surface area contributed by atoms with Gasteiger partial charge in [-0.1, -0.05) is 23.7 Å². The molecule has 1 aliphatic heterocycles. The maximum atomic E-state index is 14.6. The van der Waals surface area contributed by atoms with Crippen LogP contribution in [0.1, 0.15) is 36.7 Å². The lowest BCUT2D eigenvalue weighted by atomic mass is 9.72. The average Bonchev–Trinajstić information content (AvgIpc) is 3.20. The first kappa shape index (κ1) is 24.0. The van der Waals surface area contributed by atoms with Crippen LogP contribution in [-0.2, 0) is 17.8 Å². The number of nitrogens with zero attached hydrogens (tertiary/aromatic N) is 4. The van der Waals surface area contributed by atoms with E-state index >= 15 is 0 Å². The fourth-order valence-electron chi connectivity index (χ4n) is 4.43. The third-order valence-electron chi connectivity index (χ3n) is 6.31. The first-order chi connectivity index (χ1) is 16.2. The number of nitrogens with one attached hydrogen (secondary N) is 2. The summed E-state index contributed by atoms with van der Waals surface area (Å²) in [7, 11) is 0. The van der Waals surface area contributed by atoms with Crippen LogP contribution in [0.15, 0.2) is 30.5 Å². The number of likely N-dealkylation sites (tertiary alicyclic amines) is 1. The molecule has 3 N–H and O–H groups in total. The zero-order valence-corrected chi connectivity index (χ0v) is 19.5. The maximum Gasteiger partial charge on any atom is 0.310 e. The van der Waals surface area contributed by atoms with Crippen LogP contribution in [0.5, 0.6) is 0 Å². The van der Waals surface area contributed by atoms with Gasteiger partial charge in [-0.3, -0.25) is 14.8 Å². The third-order valence-corrected chi connectivity index (χ3v) is 6.61. The van der Waals surface area contributed by atoms with Crippen molar-refractivity contribution in [3.63, 3.8) is 0 Å². The second-order valence-corrected chi connectivity index (χ2v) is 9.21. The molecule has 1 aromatic carbocycles. The first-order valence-electron chi connectivity index (χ1n) is 10.9. The van der Waals surface area contributed by atoms with E-state index in [1.165, 1.54) is 6.07 Å². The summed E-state index contributed by atoms with van der Waals surface area (Å²) in [5.74, 6) is -1.55. The van der Waals surface area contributed by atoms with Gasteiger partial charge in [0.15, 0.2) is 11.6 Å². The van der Waals surface area contributed by atoms with E-state index in [1.807, 2.05) is 18.7 Å². The average molecular weight is 491 g/mol. The van der Waals surface area contributed by atoms with Crippen LogP contribution in [-0.4, -0.2) is 48.7 Å². The van der Waals surface area contributed by atoms with E-state index in [1.54, 1.807) is 18.2 Å². The van der Waals surface area contributed by atoms with E-state index in [0.29, 0.717) is 24.5 Å². The summed E-state index contributed by atoms with van der Waals surface area (Å²) in [4.78, 5) is 22.6. The molecule has 0 spiro atoms. The molecule has 2 atom stereocenters. The van der Waals surface area contributed by atoms with Gasteiger partial charge in [-0.05, 0) is 39.3 Å². The highest BCUT2D eigenvalue weighted by Crippen LogP contribution is 2.39. The van der Waals surface area contributed by atoms with E-state index in [-0.39, 0.29) is 42.0 Å². The van der Waals surface area contributed by atoms with Crippen LogP contribution in [0.3, 0.4) is 0 Å². The largest absolute Gasteiger partial charge is 0.481 e. The molecular weight excluding hydrogens is 466 g/mol. The van der Waals surface area contributed by atoms with Crippen LogP contribution in [0.2, 0.25) is 5.02 Å². The Morgan fingerprint density at radius 3 is 2.88 bits per heavy atom. The first-order valence-corrected chi connectivity index (χ1v) is 11.3. The Labute approximate surface area is 200 Å². The minimum Gasteiger partial charge on any atom is -0.481 e. The maximum absolute atomic E-state index is 14.6. The molecule has 0 amide bonds. The van der Waals surface area contributed by atoms with Crippen molar-refractivity contribution in [3.05, 3.63) is 64.1 Å². The molecule has 0 unspecified atom stereocenters. The fourth-order valence-corrected chi connectivity index (χ4v) is 4.63. The van der Waals surface area contributed by atoms with Gasteiger partial charge in [0, 0.05) is 36.3 Å². The SMILES string of the molecule is Cc1cc(Nc2ncc(F)c(C[C@@]3(C(=O)O)CCN(Cc4cccc(Cl)c4F)[C@H](C)C3)n2)n[nH]1. The molecule has 0 aliphatic carbocycles. The summed E-state index contributed by atoms with van der Waals surface area (Å²) >= 11 is 5.90. The van der Waals surface area contributed by atoms with Crippen molar-refractivity contribution in [1.29, 1.82) is 0 Å². The zero-order chi connectivity index (χ0) is 24.5. The summed E-state index contributed by atoms with van der Waals surface area (Å²) < 4.78 is 29.0. The Kier molecular flexibility index (Phi) is 6.81. The summed E-state index contributed by atoms with van der Waals surface area (Å²) in [5, 5.41) is 19.9. The summed E-state index contributed by atoms with van der Waals surface area (Å²) in [6.07, 6.45) is 1.46. The van der Waals surface area contributed by atoms with E-state index < -0.39 is 23.0 Å². The number of halogens is 3. The van der Waals surface area contributed by atoms with Crippen molar-refractivity contribution in [3.8, 4) is 0 Å². The zero-order valence-electron chi connectivity index (χ0n) is 18.8. The van der Waals surface area contributed by atoms with Gasteiger partial charge in [0.1, 0.15) is 5.82 Å². The number of hydrogen-bond donors (Lipinski definition) is 3. The standard InChI is InChI=1S/C23H25ClF2N6O2/c1-13-8-19(31-30-13)29-22-27-11-17(25)18(28-22)10-23(21(33)34)6-7-32(14(2)9-23)12-15-4-3-5-16(24)20(15)26/h3-5,8,11,14H,6-7,9-10,12H2,1-2H3,(H,33,34)(H2,27,28,29,30,31)/t14-,23-/m1/s1. The molecule has 34 heavy (non-hydrogen) atoms. The molecule has 8 nitrogen and oxygen atoms in total. The fraction of sp³-hybridized carbons (Fsp3) is 0.391. The molecule has 3 aromatic rings. The number of anilines is 2. The van der Waals surface area contributed by atoms with Crippen molar-refractivity contribution >= 4 is 29.3 Å². The molecule has 1 saturated heterocycles. The van der Waals surface area contributed by atoms with Gasteiger partial charge in [-0.25, -0.2) is 18.7 Å². The smallest absolute Gasteiger partial charge is 0.310 e. The van der Waals surface area contributed by atoms with Gasteiger partial charge in [-0.2, -0.15) is 5.10 Å². The number of carboxylic acids is 1. The van der Waals surface area contributed by atoms with E-state index in [9.17, 15) is 18.7 Å². The predicted molar refractivity (Wildman–Crippen MR) is 123 cm³/mol. The normalized spacial score (nSPS) is 20.9. The van der Waals surface area contributed by atoms with Crippen molar-refractivity contribution in [2.45, 2.75) is 45.7 Å². The number of hydrogen-bond acceptors (Lipinski definition) is 6. The van der Waals surface area contributed by atoms with Gasteiger partial charge in [0.2, 0.25) is 5.95 Å². The van der Waals surface area contributed by atoms with E-state index in [2.05, 4.69) is 25.5 Å². The lowest BCUT2D eigenvalue weighted by Crippen LogP contribution is -2.50. The number of rotatable bonds is 7. The van der Waals surface area contributed by atoms with E-state index in [4.69, 9.17) is 11.6 Å². The molecule has 1 fully saturated rings. The molecular formula is C23H25ClF2N6O2. The van der Waals surface area contributed by atoms with Crippen molar-refractivity contribution in [1.82, 2.24) is 25.1 Å². The summed E-state index contributed by atoms with van der Waals surface area (Å²) in [5.41, 5.74) is 0.0909. The summed E-state index contributed by atoms with van der Waals surface area (Å²) in [6.45, 7) is 4.44. The van der Waals surface area contributed by atoms with Crippen LogP contribution in [0.4, 0.5) is 20.5 Å². The van der Waals surface area contributed by atoms with Gasteiger partial charge in [0.25, 0.3) is 0 Å². The Bertz CT molecular complexity index is 1210. The monoisotopic (exact) mass is 490 g/mol. The van der Waals surface area contributed by atoms with Crippen molar-refractivity contribution in [2.24, 2.45) is 5.41 Å². The second kappa shape index (κ2) is 9.63. The number of aromatic amines is 1. The predicted octanol–water partition coefficient (Wildman–Crippen LogP) is 4.48. The van der Waals surface area contributed by atoms with Gasteiger partial charge >= 0.3 is 5.97 Å². The molecule has 2 aromatic heterocycles. The van der Waals surface area contributed by atoms with Crippen molar-refractivity contribution < 1.29 is 18.7 Å². The summed E-state index contributed by atoms with van der Waals surface area (Å²) in [6, 6.07) is 6.40. The molecule has 11 heteroatoms. The van der Waals surface area contributed by atoms with E-state index in [0.717, 1.165) is 11.9 Å². The van der Waals surface area contributed by atoms with Gasteiger partial charge in [0.05, 0.1) is 22.3 Å². The molecule has 0 bridgehead atoms. The number of benzene rings is 1. The molecule has 0 radical (unpaired) electrons. The second-order valence-electron chi connectivity index (χ2n) is 8.80. The highest BCUT2D eigenvalue weighted by molar-refractivity contribution is 6.30. The van der Waals surface area contributed by atoms with Gasteiger partial charge < -0.3 is 10.4 Å². The highest BCUT2D eigenvalue weighted by Gasteiger charge is 2.45. The highest BCUT2D eigenvalue weighted by atomic mass is 35.5. The molecule has 3 heterocycles. The molecule has 0 saturated carbocycles. The minimum atomic E-state index is -1.21. The number of carboxylic acid groups (broad SMARTS) is 1. The lowest BCUT2D eigenvalue weighted by molar-refractivity contribution is -0.153. The van der Waals surface area contributed by atoms with Crippen LogP contribution in [0, 0.1) is 24.0 Å². The number of aryl methyl sites for hydroxylation is 1. The van der Waals surface area contributed by atoms with Crippen LogP contribution in [0.25, 0.3) is 0 Å². The van der Waals surface area contributed by atoms with Crippen LogP contribution < -0.4 is 5.32 Å². The number of aromatic nitrogens is 4. The number of piperidine rings is 1.